The summed E-state index contributed by atoms with van der Waals surface area (Å²) < 4.78 is 0. The normalized spacial score (nSPS) is 11.9. The average molecular weight is 145 g/mol. The molecule has 0 rings (SSSR count). The summed E-state index contributed by atoms with van der Waals surface area (Å²) in [6.45, 7) is 14.8. The summed E-state index contributed by atoms with van der Waals surface area (Å²) in [6, 6.07) is 1.98. The van der Waals surface area contributed by atoms with E-state index in [1.165, 1.54) is 6.08 Å². The van der Waals surface area contributed by atoms with E-state index in [0.717, 1.165) is 0 Å². The fourth-order valence-corrected chi connectivity index (χ4v) is 0.424. The molecule has 0 amide bonds. The Kier molecular flexibility index (Phi) is 4.21. The zero-order chi connectivity index (χ0) is 8.69. The van der Waals surface area contributed by atoms with Crippen molar-refractivity contribution in [3.63, 3.8) is 0 Å². The van der Waals surface area contributed by atoms with Crippen molar-refractivity contribution in [1.29, 1.82) is 5.26 Å². The van der Waals surface area contributed by atoms with E-state index in [1.807, 2.05) is 6.07 Å². The van der Waals surface area contributed by atoms with Gasteiger partial charge in [0.2, 0.25) is 0 Å². The first-order valence-electron chi connectivity index (χ1n) is 3.05. The molecule has 0 aliphatic rings. The number of allylic oxidation sites excluding steroid dienone is 1. The van der Waals surface area contributed by atoms with Gasteiger partial charge in [-0.15, -0.1) is 0 Å². The molecule has 0 N–H and O–H groups in total. The molecular weight excluding hydrogens is 138 g/mol. The Morgan fingerprint density at radius 2 is 1.91 bits per heavy atom. The second-order valence-electron chi connectivity index (χ2n) is 1.97. The topological polar surface area (TPSA) is 32.5 Å². The van der Waals surface area contributed by atoms with Crippen molar-refractivity contribution >= 4 is 0 Å². The Balaban J connectivity index is 4.07. The van der Waals surface area contributed by atoms with Crippen LogP contribution in [0.2, 0.25) is 0 Å². The third kappa shape index (κ3) is 3.73. The van der Waals surface area contributed by atoms with E-state index >= 15 is 0 Å². The molecule has 0 spiro atoms. The van der Waals surface area contributed by atoms with E-state index in [2.05, 4.69) is 9.69 Å². The minimum Gasteiger partial charge on any atom is -0.229 e. The van der Waals surface area contributed by atoms with Crippen LogP contribution in [0, 0.1) is 30.4 Å². The fourth-order valence-electron chi connectivity index (χ4n) is 0.424. The lowest BCUT2D eigenvalue weighted by molar-refractivity contribution is 0.946. The quantitative estimate of drug-likeness (QED) is 0.431. The van der Waals surface area contributed by atoms with Gasteiger partial charge in [-0.05, 0) is 6.92 Å². The van der Waals surface area contributed by atoms with Crippen LogP contribution in [0.1, 0.15) is 6.92 Å². The van der Waals surface area contributed by atoms with Gasteiger partial charge in [-0.1, -0.05) is 6.08 Å². The maximum atomic E-state index is 8.34. The maximum Gasteiger partial charge on any atom is 0.495 e. The van der Waals surface area contributed by atoms with Crippen molar-refractivity contribution in [1.82, 2.24) is 0 Å². The second kappa shape index (κ2) is 5.03. The lowest BCUT2D eigenvalue weighted by atomic mass is 10.2. The van der Waals surface area contributed by atoms with Gasteiger partial charge in [0.05, 0.1) is 18.1 Å². The number of hydrogen-bond acceptors (Lipinski definition) is 1. The maximum absolute atomic E-state index is 8.34. The van der Waals surface area contributed by atoms with E-state index < -0.39 is 6.17 Å². The van der Waals surface area contributed by atoms with Crippen molar-refractivity contribution < 1.29 is 0 Å². The highest BCUT2D eigenvalue weighted by Crippen LogP contribution is 1.99. The SMILES string of the molecule is [C-]#[N+]C(/C=C/C(C)C#N)[N+]#[C-]. The summed E-state index contributed by atoms with van der Waals surface area (Å²) in [5, 5.41) is 8.34. The van der Waals surface area contributed by atoms with Gasteiger partial charge in [-0.2, -0.15) is 5.26 Å². The monoisotopic (exact) mass is 145 g/mol. The molecule has 0 aliphatic heterocycles. The molecule has 0 saturated carbocycles. The lowest BCUT2D eigenvalue weighted by Gasteiger charge is -1.86. The molecule has 0 heterocycles. The van der Waals surface area contributed by atoms with Gasteiger partial charge in [-0.25, -0.2) is 22.8 Å². The summed E-state index contributed by atoms with van der Waals surface area (Å²) in [7, 11) is 0. The highest BCUT2D eigenvalue weighted by atomic mass is 14.9. The predicted octanol–water partition coefficient (Wildman–Crippen LogP) is 1.87. The summed E-state index contributed by atoms with van der Waals surface area (Å²) in [5.41, 5.74) is 0. The zero-order valence-electron chi connectivity index (χ0n) is 6.15. The van der Waals surface area contributed by atoms with Gasteiger partial charge in [0.25, 0.3) is 0 Å². The first-order valence-corrected chi connectivity index (χ1v) is 3.05. The highest BCUT2D eigenvalue weighted by Gasteiger charge is 2.08. The minimum atomic E-state index is -0.759. The van der Waals surface area contributed by atoms with Gasteiger partial charge in [-0.3, -0.25) is 0 Å². The number of rotatable bonds is 2. The third-order valence-electron chi connectivity index (χ3n) is 1.04. The highest BCUT2D eigenvalue weighted by molar-refractivity contribution is 5.08. The Labute approximate surface area is 66.2 Å². The van der Waals surface area contributed by atoms with Crippen LogP contribution in [0.25, 0.3) is 9.69 Å². The van der Waals surface area contributed by atoms with E-state index in [9.17, 15) is 0 Å². The van der Waals surface area contributed by atoms with Gasteiger partial charge in [0.15, 0.2) is 0 Å². The molecule has 0 bridgehead atoms. The van der Waals surface area contributed by atoms with Crippen molar-refractivity contribution in [3.05, 3.63) is 35.0 Å². The third-order valence-corrected chi connectivity index (χ3v) is 1.04. The molecule has 0 saturated heterocycles. The van der Waals surface area contributed by atoms with Gasteiger partial charge >= 0.3 is 6.17 Å². The van der Waals surface area contributed by atoms with E-state index in [-0.39, 0.29) is 5.92 Å². The Bertz CT molecular complexity index is 245. The summed E-state index contributed by atoms with van der Waals surface area (Å²) in [6.07, 6.45) is 2.26. The average Bonchev–Trinajstić information content (AvgIpc) is 2.06. The first-order chi connectivity index (χ1) is 5.24. The predicted molar refractivity (Wildman–Crippen MR) is 40.9 cm³/mol. The molecule has 1 unspecified atom stereocenters. The zero-order valence-corrected chi connectivity index (χ0v) is 6.15. The minimum absolute atomic E-state index is 0.221. The molecule has 54 valence electrons. The van der Waals surface area contributed by atoms with Gasteiger partial charge in [0.1, 0.15) is 0 Å². The molecule has 1 atom stereocenters. The second-order valence-corrected chi connectivity index (χ2v) is 1.97. The number of nitrogens with zero attached hydrogens (tertiary/aromatic N) is 3. The van der Waals surface area contributed by atoms with Crippen LogP contribution in [0.4, 0.5) is 0 Å². The van der Waals surface area contributed by atoms with Crippen LogP contribution in [0.5, 0.6) is 0 Å². The molecule has 0 aromatic carbocycles. The van der Waals surface area contributed by atoms with Crippen molar-refractivity contribution in [2.45, 2.75) is 13.1 Å². The molecule has 3 nitrogen and oxygen atoms in total. The standard InChI is InChI=1S/C8H7N3/c1-7(6-9)4-5-8(10-2)11-3/h4-5,7-8H,1H3/b5-4+. The molecule has 0 aromatic rings. The van der Waals surface area contributed by atoms with Crippen molar-refractivity contribution in [3.8, 4) is 6.07 Å². The molecule has 0 aliphatic carbocycles. The van der Waals surface area contributed by atoms with E-state index in [0.29, 0.717) is 0 Å². The smallest absolute Gasteiger partial charge is 0.229 e. The summed E-state index contributed by atoms with van der Waals surface area (Å²) in [5.74, 6) is -0.221. The molecular formula is C8H7N3. The summed E-state index contributed by atoms with van der Waals surface area (Å²) in [4.78, 5) is 6.02. The van der Waals surface area contributed by atoms with Crippen LogP contribution >= 0.6 is 0 Å². The van der Waals surface area contributed by atoms with Crippen LogP contribution in [0.15, 0.2) is 12.2 Å². The Morgan fingerprint density at radius 1 is 1.36 bits per heavy atom. The van der Waals surface area contributed by atoms with Crippen LogP contribution in [-0.2, 0) is 0 Å². The molecule has 11 heavy (non-hydrogen) atoms. The van der Waals surface area contributed by atoms with Gasteiger partial charge in [0, 0.05) is 0 Å². The lowest BCUT2D eigenvalue weighted by Crippen LogP contribution is -1.89. The fraction of sp³-hybridized carbons (Fsp3) is 0.375. The largest absolute Gasteiger partial charge is 0.495 e. The molecule has 3 heteroatoms. The van der Waals surface area contributed by atoms with Crippen molar-refractivity contribution in [2.24, 2.45) is 5.92 Å². The van der Waals surface area contributed by atoms with Crippen molar-refractivity contribution in [2.75, 3.05) is 0 Å². The summed E-state index contributed by atoms with van der Waals surface area (Å²) >= 11 is 0. The molecule has 0 aromatic heterocycles. The Morgan fingerprint density at radius 3 is 2.27 bits per heavy atom. The number of nitriles is 1. The number of hydrogen-bond donors (Lipinski definition) is 0. The first kappa shape index (κ1) is 9.21. The van der Waals surface area contributed by atoms with E-state index in [4.69, 9.17) is 18.4 Å². The van der Waals surface area contributed by atoms with Crippen LogP contribution in [0.3, 0.4) is 0 Å². The van der Waals surface area contributed by atoms with Crippen LogP contribution < -0.4 is 0 Å². The van der Waals surface area contributed by atoms with Crippen LogP contribution in [-0.4, -0.2) is 6.17 Å². The van der Waals surface area contributed by atoms with E-state index in [1.54, 1.807) is 13.0 Å². The molecule has 0 radical (unpaired) electrons. The van der Waals surface area contributed by atoms with Gasteiger partial charge < -0.3 is 0 Å². The molecule has 0 fully saturated rings. The Hall–Kier alpha value is -1.79.